The second kappa shape index (κ2) is 7.28. The fourth-order valence-electron chi connectivity index (χ4n) is 2.40. The van der Waals surface area contributed by atoms with Gasteiger partial charge in [-0.1, -0.05) is 48.2 Å². The topological polar surface area (TPSA) is 54.5 Å². The van der Waals surface area contributed by atoms with Crippen molar-refractivity contribution in [1.29, 1.82) is 5.26 Å². The minimum atomic E-state index is -0.400. The summed E-state index contributed by atoms with van der Waals surface area (Å²) in [4.78, 5) is 0. The highest BCUT2D eigenvalue weighted by Crippen LogP contribution is 2.27. The normalized spacial score (nSPS) is 10.5. The van der Waals surface area contributed by atoms with Crippen molar-refractivity contribution in [2.75, 3.05) is 0 Å². The van der Waals surface area contributed by atoms with E-state index < -0.39 is 5.82 Å². The Morgan fingerprint density at radius 3 is 2.67 bits per heavy atom. The van der Waals surface area contributed by atoms with E-state index in [1.54, 1.807) is 6.07 Å². The molecule has 0 amide bonds. The van der Waals surface area contributed by atoms with E-state index in [1.807, 2.05) is 47.9 Å². The van der Waals surface area contributed by atoms with Gasteiger partial charge < -0.3 is 4.57 Å². The molecule has 1 aromatic heterocycles. The Morgan fingerprint density at radius 2 is 1.96 bits per heavy atom. The van der Waals surface area contributed by atoms with Gasteiger partial charge in [0.1, 0.15) is 5.82 Å². The minimum Gasteiger partial charge on any atom is -0.302 e. The van der Waals surface area contributed by atoms with Crippen molar-refractivity contribution in [3.63, 3.8) is 0 Å². The highest BCUT2D eigenvalue weighted by atomic mass is 32.2. The standard InChI is InChI=1S/C18H15FN4S/c1-2-23-17(13-6-4-3-5-7-13)21-22-18(23)24-12-14-8-9-16(19)10-15(14)11-20/h3-10H,2,12H2,1H3. The number of halogens is 1. The number of thioether (sulfide) groups is 1. The lowest BCUT2D eigenvalue weighted by Crippen LogP contribution is -2.00. The maximum absolute atomic E-state index is 13.2. The molecular formula is C18H15FN4S. The highest BCUT2D eigenvalue weighted by molar-refractivity contribution is 7.98. The van der Waals surface area contributed by atoms with Crippen LogP contribution in [0, 0.1) is 17.1 Å². The van der Waals surface area contributed by atoms with Gasteiger partial charge in [-0.15, -0.1) is 10.2 Å². The predicted molar refractivity (Wildman–Crippen MR) is 91.8 cm³/mol. The number of hydrogen-bond donors (Lipinski definition) is 0. The average Bonchev–Trinajstić information content (AvgIpc) is 3.04. The number of benzene rings is 2. The molecule has 0 atom stereocenters. The zero-order valence-electron chi connectivity index (χ0n) is 13.1. The van der Waals surface area contributed by atoms with E-state index >= 15 is 0 Å². The van der Waals surface area contributed by atoms with Crippen LogP contribution in [0.4, 0.5) is 4.39 Å². The van der Waals surface area contributed by atoms with Crippen LogP contribution in [-0.4, -0.2) is 14.8 Å². The van der Waals surface area contributed by atoms with Crippen molar-refractivity contribution < 1.29 is 4.39 Å². The lowest BCUT2D eigenvalue weighted by Gasteiger charge is -2.08. The van der Waals surface area contributed by atoms with E-state index in [0.717, 1.165) is 28.7 Å². The number of hydrogen-bond acceptors (Lipinski definition) is 4. The van der Waals surface area contributed by atoms with E-state index in [9.17, 15) is 4.39 Å². The summed E-state index contributed by atoms with van der Waals surface area (Å²) in [6, 6.07) is 16.2. The van der Waals surface area contributed by atoms with Gasteiger partial charge in [-0.05, 0) is 24.6 Å². The molecule has 1 heterocycles. The average molecular weight is 338 g/mol. The summed E-state index contributed by atoms with van der Waals surface area (Å²) in [6.07, 6.45) is 0. The number of nitrogens with zero attached hydrogens (tertiary/aromatic N) is 4. The molecule has 0 saturated heterocycles. The molecule has 0 aliphatic heterocycles. The van der Waals surface area contributed by atoms with Gasteiger partial charge in [0, 0.05) is 17.9 Å². The molecule has 24 heavy (non-hydrogen) atoms. The number of rotatable bonds is 5. The third-order valence-corrected chi connectivity index (χ3v) is 4.63. The van der Waals surface area contributed by atoms with E-state index in [0.29, 0.717) is 11.3 Å². The van der Waals surface area contributed by atoms with Crippen LogP contribution in [0.2, 0.25) is 0 Å². The van der Waals surface area contributed by atoms with E-state index in [4.69, 9.17) is 5.26 Å². The molecule has 0 N–H and O–H groups in total. The van der Waals surface area contributed by atoms with Crippen LogP contribution >= 0.6 is 11.8 Å². The van der Waals surface area contributed by atoms with Gasteiger partial charge in [0.2, 0.25) is 0 Å². The summed E-state index contributed by atoms with van der Waals surface area (Å²) in [5.74, 6) is 0.958. The van der Waals surface area contributed by atoms with Crippen LogP contribution in [-0.2, 0) is 12.3 Å². The first-order valence-corrected chi connectivity index (χ1v) is 8.51. The molecule has 0 aliphatic carbocycles. The summed E-state index contributed by atoms with van der Waals surface area (Å²) in [5, 5.41) is 18.5. The summed E-state index contributed by atoms with van der Waals surface area (Å²) in [6.45, 7) is 2.78. The molecule has 0 bridgehead atoms. The molecule has 4 nitrogen and oxygen atoms in total. The second-order valence-corrected chi connectivity index (χ2v) is 6.06. The Bertz CT molecular complexity index is 884. The molecule has 3 aromatic rings. The van der Waals surface area contributed by atoms with Gasteiger partial charge in [-0.25, -0.2) is 4.39 Å². The Labute approximate surface area is 144 Å². The molecule has 0 spiro atoms. The SMILES string of the molecule is CCn1c(SCc2ccc(F)cc2C#N)nnc1-c1ccccc1. The Balaban J connectivity index is 1.84. The largest absolute Gasteiger partial charge is 0.302 e. The molecule has 6 heteroatoms. The smallest absolute Gasteiger partial charge is 0.191 e. The molecule has 0 unspecified atom stereocenters. The summed E-state index contributed by atoms with van der Waals surface area (Å²) in [7, 11) is 0. The molecule has 2 aromatic carbocycles. The van der Waals surface area contributed by atoms with Gasteiger partial charge in [0.25, 0.3) is 0 Å². The first kappa shape index (κ1) is 16.2. The Kier molecular flexibility index (Phi) is 4.92. The molecule has 120 valence electrons. The van der Waals surface area contributed by atoms with Gasteiger partial charge in [0.15, 0.2) is 11.0 Å². The molecule has 0 radical (unpaired) electrons. The summed E-state index contributed by atoms with van der Waals surface area (Å²) >= 11 is 1.49. The van der Waals surface area contributed by atoms with Crippen LogP contribution in [0.3, 0.4) is 0 Å². The zero-order valence-corrected chi connectivity index (χ0v) is 13.9. The van der Waals surface area contributed by atoms with Gasteiger partial charge in [-0.3, -0.25) is 0 Å². The third kappa shape index (κ3) is 3.31. The Morgan fingerprint density at radius 1 is 1.17 bits per heavy atom. The van der Waals surface area contributed by atoms with Crippen molar-refractivity contribution in [3.05, 3.63) is 65.5 Å². The van der Waals surface area contributed by atoms with Crippen LogP contribution in [0.25, 0.3) is 11.4 Å². The zero-order chi connectivity index (χ0) is 16.9. The highest BCUT2D eigenvalue weighted by Gasteiger charge is 2.14. The second-order valence-electron chi connectivity index (χ2n) is 5.12. The van der Waals surface area contributed by atoms with Crippen molar-refractivity contribution >= 4 is 11.8 Å². The van der Waals surface area contributed by atoms with Crippen LogP contribution in [0.1, 0.15) is 18.1 Å². The molecule has 0 fully saturated rings. The van der Waals surface area contributed by atoms with Crippen LogP contribution in [0.15, 0.2) is 53.7 Å². The van der Waals surface area contributed by atoms with Gasteiger partial charge in [-0.2, -0.15) is 5.26 Å². The monoisotopic (exact) mass is 338 g/mol. The third-order valence-electron chi connectivity index (χ3n) is 3.61. The molecule has 3 rings (SSSR count). The van der Waals surface area contributed by atoms with Crippen LogP contribution in [0.5, 0.6) is 0 Å². The maximum Gasteiger partial charge on any atom is 0.191 e. The van der Waals surface area contributed by atoms with Crippen LogP contribution < -0.4 is 0 Å². The van der Waals surface area contributed by atoms with Gasteiger partial charge in [0.05, 0.1) is 11.6 Å². The summed E-state index contributed by atoms with van der Waals surface area (Å²) < 4.78 is 15.3. The maximum atomic E-state index is 13.2. The molecule has 0 aliphatic rings. The Hall–Kier alpha value is -2.65. The first-order valence-electron chi connectivity index (χ1n) is 7.53. The van der Waals surface area contributed by atoms with E-state index in [-0.39, 0.29) is 0 Å². The van der Waals surface area contributed by atoms with Crippen molar-refractivity contribution in [1.82, 2.24) is 14.8 Å². The fourth-order valence-corrected chi connectivity index (χ4v) is 3.41. The van der Waals surface area contributed by atoms with Gasteiger partial charge >= 0.3 is 0 Å². The summed E-state index contributed by atoms with van der Waals surface area (Å²) in [5.41, 5.74) is 2.15. The lowest BCUT2D eigenvalue weighted by atomic mass is 10.1. The van der Waals surface area contributed by atoms with Crippen molar-refractivity contribution in [3.8, 4) is 17.5 Å². The van der Waals surface area contributed by atoms with Crippen molar-refractivity contribution in [2.24, 2.45) is 0 Å². The van der Waals surface area contributed by atoms with E-state index in [2.05, 4.69) is 10.2 Å². The number of aromatic nitrogens is 3. The quantitative estimate of drug-likeness (QED) is 0.652. The lowest BCUT2D eigenvalue weighted by molar-refractivity contribution is 0.627. The molecule has 0 saturated carbocycles. The van der Waals surface area contributed by atoms with E-state index in [1.165, 1.54) is 23.9 Å². The van der Waals surface area contributed by atoms with Crippen molar-refractivity contribution in [2.45, 2.75) is 24.4 Å². The minimum absolute atomic E-state index is 0.355. The molecular weight excluding hydrogens is 323 g/mol. The predicted octanol–water partition coefficient (Wildman–Crippen LogP) is 4.27. The number of nitriles is 1. The fraction of sp³-hybridized carbons (Fsp3) is 0.167. The first-order chi connectivity index (χ1) is 11.7.